The molecular weight excluding hydrogens is 684 g/mol. The Morgan fingerprint density at radius 3 is 2.17 bits per heavy atom. The average molecular weight is 751 g/mol. The normalized spacial score (nSPS) is 56.7. The minimum atomic E-state index is -1.62. The Hall–Kier alpha value is -1.19. The van der Waals surface area contributed by atoms with Crippen LogP contribution in [0.25, 0.3) is 0 Å². The van der Waals surface area contributed by atoms with E-state index >= 15 is 0 Å². The van der Waals surface area contributed by atoms with Crippen molar-refractivity contribution in [2.75, 3.05) is 13.2 Å². The summed E-state index contributed by atoms with van der Waals surface area (Å²) >= 11 is 0. The molecule has 53 heavy (non-hydrogen) atoms. The molecule has 0 radical (unpaired) electrons. The molecular formula is C41H66O12. The standard InChI is InChI=1S/C41H66O12/c1-20(2)22-10-15-41(36(48)49)17-16-39(6)23(28(22)41)8-9-26-37(4)13-12-27(38(5,19-42)25(37)11-14-40(26,39)7)52-35-33(30(45)24(43)18-50-35)53-34-32(47)31(46)29(44)21(3)51-34/h21-35,42-47H,1,8-19H2,2-7H3,(H,48,49)/t21-,22-,23?,24-,25?,26?,27-,28+,29-,30-,31+,32+,33+,34-,35-,37-,38-,39+,40+,41-/m0/s1. The number of aliphatic hydroxyl groups excluding tert-OH is 6. The largest absolute Gasteiger partial charge is 0.481 e. The second kappa shape index (κ2) is 13.7. The van der Waals surface area contributed by atoms with Crippen LogP contribution in [0.15, 0.2) is 12.2 Å². The maximum atomic E-state index is 13.0. The monoisotopic (exact) mass is 750 g/mol. The second-order valence-corrected chi connectivity index (χ2v) is 19.5. The lowest BCUT2D eigenvalue weighted by Gasteiger charge is -2.73. The number of rotatable bonds is 7. The summed E-state index contributed by atoms with van der Waals surface area (Å²) in [6, 6.07) is 0. The number of aliphatic carboxylic acids is 1. The van der Waals surface area contributed by atoms with E-state index in [-0.39, 0.29) is 47.2 Å². The molecule has 0 bridgehead atoms. The zero-order chi connectivity index (χ0) is 38.6. The van der Waals surface area contributed by atoms with Crippen LogP contribution in [0.3, 0.4) is 0 Å². The number of fused-ring (bicyclic) bond motifs is 7. The number of ether oxygens (including phenoxy) is 4. The van der Waals surface area contributed by atoms with Gasteiger partial charge in [-0.15, -0.1) is 0 Å². The number of carbonyl (C=O) groups is 1. The number of carboxylic acids is 1. The fraction of sp³-hybridized carbons (Fsp3) is 0.927. The van der Waals surface area contributed by atoms with Gasteiger partial charge in [0.2, 0.25) is 0 Å². The third-order valence-electron chi connectivity index (χ3n) is 17.4. The van der Waals surface area contributed by atoms with Gasteiger partial charge >= 0.3 is 5.97 Å². The summed E-state index contributed by atoms with van der Waals surface area (Å²) in [5.74, 6) is 0.490. The van der Waals surface area contributed by atoms with E-state index in [1.54, 1.807) is 0 Å². The summed E-state index contributed by atoms with van der Waals surface area (Å²) in [7, 11) is 0. The smallest absolute Gasteiger partial charge is 0.309 e. The molecule has 3 unspecified atom stereocenters. The molecule has 7 aliphatic rings. The highest BCUT2D eigenvalue weighted by Gasteiger charge is 2.72. The molecule has 2 saturated heterocycles. The van der Waals surface area contributed by atoms with E-state index in [4.69, 9.17) is 18.9 Å². The van der Waals surface area contributed by atoms with Crippen molar-refractivity contribution in [1.29, 1.82) is 0 Å². The molecule has 0 amide bonds. The minimum Gasteiger partial charge on any atom is -0.481 e. The molecule has 302 valence electrons. The summed E-state index contributed by atoms with van der Waals surface area (Å²) in [5.41, 5.74) is -0.394. The first-order chi connectivity index (χ1) is 24.8. The highest BCUT2D eigenvalue weighted by Crippen LogP contribution is 2.77. The van der Waals surface area contributed by atoms with E-state index < -0.39 is 78.2 Å². The van der Waals surface area contributed by atoms with Crippen LogP contribution in [0.2, 0.25) is 0 Å². The predicted octanol–water partition coefficient (Wildman–Crippen LogP) is 3.38. The van der Waals surface area contributed by atoms with Crippen LogP contribution in [0.5, 0.6) is 0 Å². The van der Waals surface area contributed by atoms with Gasteiger partial charge in [0, 0.05) is 5.41 Å². The van der Waals surface area contributed by atoms with Gasteiger partial charge in [0.15, 0.2) is 12.6 Å². The van der Waals surface area contributed by atoms with Gasteiger partial charge < -0.3 is 54.7 Å². The van der Waals surface area contributed by atoms with Crippen LogP contribution < -0.4 is 0 Å². The molecule has 12 nitrogen and oxygen atoms in total. The SMILES string of the molecule is C=C(C)[C@@H]1CC[C@]2(C(=O)O)CC[C@]3(C)C(CCC4[C@@]5(C)CC[C@H](O[C@@H]6OC[C@H](O)[C@H](O)[C@H]6O[C@@H]6O[C@@H](C)[C@H](O)[C@@H](O)[C@H]6O)[C@@](C)(CO)C5CC[C@]43C)[C@@H]12. The third-order valence-corrected chi connectivity index (χ3v) is 17.4. The molecule has 12 heteroatoms. The van der Waals surface area contributed by atoms with Gasteiger partial charge in [-0.2, -0.15) is 0 Å². The average Bonchev–Trinajstić information content (AvgIpc) is 3.52. The Morgan fingerprint density at radius 1 is 0.792 bits per heavy atom. The van der Waals surface area contributed by atoms with Gasteiger partial charge in [-0.25, -0.2) is 0 Å². The summed E-state index contributed by atoms with van der Waals surface area (Å²) < 4.78 is 24.3. The third kappa shape index (κ3) is 5.69. The lowest BCUT2D eigenvalue weighted by atomic mass is 9.32. The van der Waals surface area contributed by atoms with Gasteiger partial charge in [0.05, 0.1) is 30.8 Å². The summed E-state index contributed by atoms with van der Waals surface area (Å²) in [6.07, 6.45) is -3.90. The lowest BCUT2D eigenvalue weighted by molar-refractivity contribution is -0.366. The van der Waals surface area contributed by atoms with Crippen LogP contribution in [0.4, 0.5) is 0 Å². The summed E-state index contributed by atoms with van der Waals surface area (Å²) in [5, 5.41) is 74.9. The van der Waals surface area contributed by atoms with Crippen LogP contribution in [-0.4, -0.2) is 116 Å². The van der Waals surface area contributed by atoms with Crippen molar-refractivity contribution in [3.8, 4) is 0 Å². The lowest BCUT2D eigenvalue weighted by Crippen LogP contribution is -2.68. The molecule has 0 aromatic rings. The predicted molar refractivity (Wildman–Crippen MR) is 192 cm³/mol. The van der Waals surface area contributed by atoms with Crippen molar-refractivity contribution in [3.05, 3.63) is 12.2 Å². The molecule has 2 aliphatic heterocycles. The topological polar surface area (TPSA) is 196 Å². The second-order valence-electron chi connectivity index (χ2n) is 19.5. The van der Waals surface area contributed by atoms with Crippen molar-refractivity contribution in [2.24, 2.45) is 56.7 Å². The maximum Gasteiger partial charge on any atom is 0.309 e. The molecule has 0 spiro atoms. The summed E-state index contributed by atoms with van der Waals surface area (Å²) in [6.45, 7) is 17.1. The molecule has 7 N–H and O–H groups in total. The van der Waals surface area contributed by atoms with E-state index in [0.29, 0.717) is 24.7 Å². The van der Waals surface area contributed by atoms with Gasteiger partial charge in [0.25, 0.3) is 0 Å². The van der Waals surface area contributed by atoms with E-state index in [1.807, 2.05) is 0 Å². The Kier molecular flexibility index (Phi) is 10.4. The van der Waals surface area contributed by atoms with E-state index in [0.717, 1.165) is 56.9 Å². The molecule has 0 aromatic carbocycles. The van der Waals surface area contributed by atoms with Gasteiger partial charge in [-0.05, 0) is 124 Å². The molecule has 5 aliphatic carbocycles. The summed E-state index contributed by atoms with van der Waals surface area (Å²) in [4.78, 5) is 13.0. The number of hydrogen-bond acceptors (Lipinski definition) is 11. The van der Waals surface area contributed by atoms with Gasteiger partial charge in [0.1, 0.15) is 36.6 Å². The van der Waals surface area contributed by atoms with Crippen LogP contribution in [0, 0.1) is 56.7 Å². The van der Waals surface area contributed by atoms with Crippen molar-refractivity contribution in [3.63, 3.8) is 0 Å². The Labute approximate surface area is 314 Å². The molecule has 0 aromatic heterocycles. The quantitative estimate of drug-likeness (QED) is 0.148. The Morgan fingerprint density at radius 2 is 1.51 bits per heavy atom. The van der Waals surface area contributed by atoms with Crippen molar-refractivity contribution < 1.29 is 59.5 Å². The number of aliphatic hydroxyl groups is 6. The number of carboxylic acid groups (broad SMARTS) is 1. The number of hydrogen-bond donors (Lipinski definition) is 7. The highest BCUT2D eigenvalue weighted by molar-refractivity contribution is 5.76. The fourth-order valence-electron chi connectivity index (χ4n) is 14.2. The van der Waals surface area contributed by atoms with Crippen molar-refractivity contribution in [1.82, 2.24) is 0 Å². The zero-order valence-electron chi connectivity index (χ0n) is 32.5. The van der Waals surface area contributed by atoms with Crippen molar-refractivity contribution >= 4 is 5.97 Å². The first-order valence-corrected chi connectivity index (χ1v) is 20.3. The van der Waals surface area contributed by atoms with Gasteiger partial charge in [-0.3, -0.25) is 4.79 Å². The van der Waals surface area contributed by atoms with Crippen LogP contribution >= 0.6 is 0 Å². The highest BCUT2D eigenvalue weighted by atomic mass is 16.8. The molecule has 7 rings (SSSR count). The van der Waals surface area contributed by atoms with Crippen LogP contribution in [-0.2, 0) is 23.7 Å². The zero-order valence-corrected chi connectivity index (χ0v) is 32.5. The van der Waals surface area contributed by atoms with E-state index in [9.17, 15) is 40.5 Å². The maximum absolute atomic E-state index is 13.0. The minimum absolute atomic E-state index is 0.0140. The molecule has 20 atom stereocenters. The Bertz CT molecular complexity index is 1410. The number of allylic oxidation sites excluding steroid dienone is 1. The van der Waals surface area contributed by atoms with Gasteiger partial charge in [-0.1, -0.05) is 39.8 Å². The molecule has 5 saturated carbocycles. The Balaban J connectivity index is 1.14. The molecule has 2 heterocycles. The van der Waals surface area contributed by atoms with Crippen LogP contribution in [0.1, 0.15) is 106 Å². The van der Waals surface area contributed by atoms with E-state index in [1.165, 1.54) is 6.92 Å². The molecule has 7 fully saturated rings. The van der Waals surface area contributed by atoms with Crippen molar-refractivity contribution in [2.45, 2.75) is 167 Å². The first-order valence-electron chi connectivity index (χ1n) is 20.3. The fourth-order valence-corrected chi connectivity index (χ4v) is 14.2. The first kappa shape index (κ1) is 40.0. The van der Waals surface area contributed by atoms with E-state index in [2.05, 4.69) is 41.2 Å².